The summed E-state index contributed by atoms with van der Waals surface area (Å²) < 4.78 is 29.3. The zero-order chi connectivity index (χ0) is 20.5. The molecule has 0 aliphatic heterocycles. The molecule has 10 heteroatoms. The second kappa shape index (κ2) is 11.3. The van der Waals surface area contributed by atoms with Crippen LogP contribution < -0.4 is 0 Å². The van der Waals surface area contributed by atoms with Crippen LogP contribution in [0.5, 0.6) is 0 Å². The summed E-state index contributed by atoms with van der Waals surface area (Å²) in [6.07, 6.45) is 2.16. The number of nitrogens with zero attached hydrogens (tertiary/aromatic N) is 6. The molecule has 0 N–H and O–H groups in total. The van der Waals surface area contributed by atoms with Crippen LogP contribution in [0.2, 0.25) is 4.44 Å². The maximum absolute atomic E-state index is 4.88. The Morgan fingerprint density at radius 2 is 0.923 bits per heavy atom. The number of rotatable bonds is 6. The van der Waals surface area contributed by atoms with E-state index in [2.05, 4.69) is 82.3 Å². The van der Waals surface area contributed by atoms with Crippen LogP contribution >= 0.6 is 0 Å². The summed E-state index contributed by atoms with van der Waals surface area (Å²) in [6, 6.07) is 0. The van der Waals surface area contributed by atoms with E-state index in [1.807, 2.05) is 0 Å². The Hall–Kier alpha value is 0.259. The maximum atomic E-state index is 4.88. The molecule has 0 radical (unpaired) electrons. The van der Waals surface area contributed by atoms with Crippen LogP contribution in [-0.2, 0) is 34.1 Å². The topological polar surface area (TPSA) is 74.2 Å². The van der Waals surface area contributed by atoms with Gasteiger partial charge in [-0.2, -0.15) is 0 Å². The van der Waals surface area contributed by atoms with Gasteiger partial charge in [0, 0.05) is 0 Å². The average Bonchev–Trinajstić information content (AvgIpc) is 2.40. The molecule has 0 saturated heterocycles. The standard InChI is InChI=1S/3C4H9N2S.C4H9.Sn/c3*1-4(2,3)6-7-5;1-3-4-2;/h3*1-3H3;1,3-4H2,2H3;/q3*-1;;+3. The molecule has 0 aromatic rings. The molecule has 0 atom stereocenters. The van der Waals surface area contributed by atoms with E-state index in [1.54, 1.807) is 0 Å². The van der Waals surface area contributed by atoms with Crippen molar-refractivity contribution in [1.82, 2.24) is 0 Å². The van der Waals surface area contributed by atoms with Crippen molar-refractivity contribution in [3.05, 3.63) is 0 Å². The van der Waals surface area contributed by atoms with Gasteiger partial charge in [-0.05, 0) is 0 Å². The Morgan fingerprint density at radius 3 is 1.15 bits per heavy atom. The third-order valence-corrected chi connectivity index (χ3v) is 17.9. The molecule has 26 heavy (non-hydrogen) atoms. The first-order valence-corrected chi connectivity index (χ1v) is 17.0. The Bertz CT molecular complexity index is 553. The molecule has 6 nitrogen and oxygen atoms in total. The summed E-state index contributed by atoms with van der Waals surface area (Å²) in [7, 11) is 0. The van der Waals surface area contributed by atoms with Crippen LogP contribution in [0.1, 0.15) is 82.1 Å². The van der Waals surface area contributed by atoms with Gasteiger partial charge in [0.05, 0.1) is 0 Å². The van der Waals surface area contributed by atoms with Gasteiger partial charge in [-0.25, -0.2) is 0 Å². The summed E-state index contributed by atoms with van der Waals surface area (Å²) in [5.41, 5.74) is -0.410. The predicted molar refractivity (Wildman–Crippen MR) is 121 cm³/mol. The van der Waals surface area contributed by atoms with E-state index in [1.165, 1.54) is 34.1 Å². The molecule has 0 bridgehead atoms. The van der Waals surface area contributed by atoms with Crippen molar-refractivity contribution < 1.29 is 0 Å². The van der Waals surface area contributed by atoms with Crippen LogP contribution in [-0.4, -0.2) is 35.8 Å². The zero-order valence-corrected chi connectivity index (χ0v) is 23.3. The van der Waals surface area contributed by atoms with Crippen molar-refractivity contribution in [1.29, 1.82) is 0 Å². The van der Waals surface area contributed by atoms with Gasteiger partial charge in [0.15, 0.2) is 0 Å². The third kappa shape index (κ3) is 15.3. The Morgan fingerprint density at radius 1 is 0.615 bits per heavy atom. The molecule has 0 aliphatic rings. The van der Waals surface area contributed by atoms with Crippen LogP contribution in [0.15, 0.2) is 20.8 Å². The van der Waals surface area contributed by atoms with Crippen LogP contribution in [0.25, 0.3) is 0 Å². The predicted octanol–water partition coefficient (Wildman–Crippen LogP) is 6.47. The van der Waals surface area contributed by atoms with Gasteiger partial charge in [-0.3, -0.25) is 0 Å². The first kappa shape index (κ1) is 26.3. The van der Waals surface area contributed by atoms with E-state index in [4.69, 9.17) is 7.75 Å². The molecule has 0 aliphatic carbocycles. The van der Waals surface area contributed by atoms with Crippen LogP contribution in [0, 0.1) is 0 Å². The fourth-order valence-corrected chi connectivity index (χ4v) is 14.8. The van der Waals surface area contributed by atoms with E-state index < -0.39 is 19.2 Å². The molecular formula is C16H36N6S3Sn. The SMILES string of the molecule is CCC[CH2][Sn]([N]=S=NC(C)(C)C)([N]=S=NC(C)(C)C)[N]=S=NC(C)(C)C. The quantitative estimate of drug-likeness (QED) is 0.355. The molecular weight excluding hydrogens is 491 g/mol. The summed E-state index contributed by atoms with van der Waals surface area (Å²) in [5, 5.41) is 0. The molecule has 0 rings (SSSR count). The number of hydrogen-bond acceptors (Lipinski definition) is 6. The molecule has 0 aromatic carbocycles. The van der Waals surface area contributed by atoms with Crippen molar-refractivity contribution in [3.63, 3.8) is 0 Å². The molecule has 0 amide bonds. The van der Waals surface area contributed by atoms with Gasteiger partial charge >= 0.3 is 177 Å². The Labute approximate surface area is 176 Å². The summed E-state index contributed by atoms with van der Waals surface area (Å²) in [5.74, 6) is 0. The van der Waals surface area contributed by atoms with Gasteiger partial charge in [-0.15, -0.1) is 0 Å². The van der Waals surface area contributed by atoms with E-state index in [0.717, 1.165) is 17.3 Å². The van der Waals surface area contributed by atoms with Crippen LogP contribution in [0.4, 0.5) is 0 Å². The summed E-state index contributed by atoms with van der Waals surface area (Å²) >= 11 is 0.322. The molecule has 0 unspecified atom stereocenters. The molecule has 0 aromatic heterocycles. The van der Waals surface area contributed by atoms with Crippen molar-refractivity contribution in [2.45, 2.75) is 103 Å². The molecule has 0 spiro atoms. The Balaban J connectivity index is 6.22. The first-order chi connectivity index (χ1) is 11.7. The van der Waals surface area contributed by atoms with Gasteiger partial charge in [0.25, 0.3) is 0 Å². The van der Waals surface area contributed by atoms with E-state index >= 15 is 0 Å². The van der Waals surface area contributed by atoms with Crippen LogP contribution in [0.3, 0.4) is 0 Å². The van der Waals surface area contributed by atoms with Gasteiger partial charge < -0.3 is 0 Å². The minimum absolute atomic E-state index is 0.137. The first-order valence-electron chi connectivity index (χ1n) is 9.00. The second-order valence-electron chi connectivity index (χ2n) is 9.18. The van der Waals surface area contributed by atoms with Crippen molar-refractivity contribution in [2.75, 3.05) is 0 Å². The zero-order valence-electron chi connectivity index (χ0n) is 18.0. The van der Waals surface area contributed by atoms with Gasteiger partial charge in [0.1, 0.15) is 0 Å². The Kier molecular flexibility index (Phi) is 11.4. The summed E-state index contributed by atoms with van der Waals surface area (Å²) in [4.78, 5) is 0. The van der Waals surface area contributed by atoms with Gasteiger partial charge in [-0.1, -0.05) is 0 Å². The van der Waals surface area contributed by atoms with E-state index in [-0.39, 0.29) is 16.6 Å². The molecule has 0 saturated carbocycles. The third-order valence-electron chi connectivity index (χ3n) is 2.37. The van der Waals surface area contributed by atoms with E-state index in [0.29, 0.717) is 0 Å². The van der Waals surface area contributed by atoms with E-state index in [9.17, 15) is 0 Å². The fraction of sp³-hybridized carbons (Fsp3) is 1.00. The monoisotopic (exact) mass is 528 g/mol. The fourth-order valence-electron chi connectivity index (χ4n) is 1.23. The molecule has 152 valence electrons. The second-order valence-corrected chi connectivity index (χ2v) is 21.3. The molecule has 0 heterocycles. The normalized spacial score (nSPS) is 14.5. The average molecular weight is 527 g/mol. The minimum atomic E-state index is -3.52. The summed E-state index contributed by atoms with van der Waals surface area (Å²) in [6.45, 7) is 20.8. The van der Waals surface area contributed by atoms with Gasteiger partial charge in [0.2, 0.25) is 0 Å². The van der Waals surface area contributed by atoms with Crippen molar-refractivity contribution in [3.8, 4) is 0 Å². The number of hydrogen-bond donors (Lipinski definition) is 0. The van der Waals surface area contributed by atoms with Crippen molar-refractivity contribution >= 4 is 53.3 Å². The molecule has 0 fully saturated rings. The number of unbranched alkanes of at least 4 members (excludes halogenated alkanes) is 1. The van der Waals surface area contributed by atoms with Crippen molar-refractivity contribution in [2.24, 2.45) is 20.8 Å².